The highest BCUT2D eigenvalue weighted by Crippen LogP contribution is 2.34. The number of anilines is 1. The molecule has 158 valence electrons. The number of nitrogens with one attached hydrogen (secondary N) is 1. The van der Waals surface area contributed by atoms with Crippen LogP contribution in [-0.2, 0) is 6.61 Å². The first kappa shape index (κ1) is 21.5. The van der Waals surface area contributed by atoms with Gasteiger partial charge in [0.05, 0.1) is 18.3 Å². The summed E-state index contributed by atoms with van der Waals surface area (Å²) in [5.74, 6) is 2.68. The minimum absolute atomic E-state index is 0.0741. The summed E-state index contributed by atoms with van der Waals surface area (Å²) >= 11 is 4.45. The molecule has 0 radical (unpaired) electrons. The first-order valence-electron chi connectivity index (χ1n) is 8.89. The monoisotopic (exact) mass is 644 g/mol. The zero-order valence-corrected chi connectivity index (χ0v) is 20.1. The number of hydrazone groups is 1. The fourth-order valence-electron chi connectivity index (χ4n) is 2.71. The van der Waals surface area contributed by atoms with E-state index in [0.29, 0.717) is 12.4 Å². The molecule has 2 heterocycles. The predicted molar refractivity (Wildman–Crippen MR) is 131 cm³/mol. The van der Waals surface area contributed by atoms with E-state index in [-0.39, 0.29) is 12.5 Å². The molecule has 0 aliphatic carbocycles. The molecule has 4 rings (SSSR count). The van der Waals surface area contributed by atoms with E-state index < -0.39 is 4.92 Å². The Morgan fingerprint density at radius 1 is 1.16 bits per heavy atom. The Morgan fingerprint density at radius 3 is 2.65 bits per heavy atom. The van der Waals surface area contributed by atoms with Crippen molar-refractivity contribution >= 4 is 62.9 Å². The van der Waals surface area contributed by atoms with E-state index in [1.807, 2.05) is 30.3 Å². The molecule has 0 saturated carbocycles. The molecule has 1 N–H and O–H groups in total. The normalized spacial score (nSPS) is 12.2. The highest BCUT2D eigenvalue weighted by molar-refractivity contribution is 14.1. The van der Waals surface area contributed by atoms with Crippen LogP contribution in [0.2, 0.25) is 0 Å². The highest BCUT2D eigenvalue weighted by atomic mass is 127. The number of rotatable bonds is 7. The van der Waals surface area contributed by atoms with E-state index >= 15 is 0 Å². The van der Waals surface area contributed by atoms with Crippen LogP contribution in [0.1, 0.15) is 11.1 Å². The van der Waals surface area contributed by atoms with Crippen LogP contribution < -0.4 is 19.6 Å². The van der Waals surface area contributed by atoms with Gasteiger partial charge in [-0.05, 0) is 86.6 Å². The first-order valence-corrected chi connectivity index (χ1v) is 11.1. The Bertz CT molecular complexity index is 1130. The van der Waals surface area contributed by atoms with Crippen molar-refractivity contribution in [2.24, 2.45) is 5.10 Å². The molecule has 9 nitrogen and oxygen atoms in total. The van der Waals surface area contributed by atoms with Crippen LogP contribution >= 0.6 is 45.2 Å². The smallest absolute Gasteiger partial charge is 0.287 e. The van der Waals surface area contributed by atoms with Gasteiger partial charge in [0.25, 0.3) is 5.69 Å². The van der Waals surface area contributed by atoms with Crippen LogP contribution in [0.4, 0.5) is 11.5 Å². The molecule has 1 aliphatic heterocycles. The summed E-state index contributed by atoms with van der Waals surface area (Å²) in [4.78, 5) is 14.1. The molecule has 0 amide bonds. The summed E-state index contributed by atoms with van der Waals surface area (Å²) in [5, 5.41) is 14.8. The Morgan fingerprint density at radius 2 is 1.94 bits per heavy atom. The minimum Gasteiger partial charge on any atom is -0.487 e. The fourth-order valence-corrected chi connectivity index (χ4v) is 4.84. The van der Waals surface area contributed by atoms with Gasteiger partial charge in [-0.2, -0.15) is 5.10 Å². The van der Waals surface area contributed by atoms with Gasteiger partial charge in [0.1, 0.15) is 24.4 Å². The van der Waals surface area contributed by atoms with Gasteiger partial charge in [-0.15, -0.1) is 0 Å². The Balaban J connectivity index is 1.39. The lowest BCUT2D eigenvalue weighted by Gasteiger charge is -2.12. The zero-order valence-electron chi connectivity index (χ0n) is 15.7. The predicted octanol–water partition coefficient (Wildman–Crippen LogP) is 4.95. The molecule has 31 heavy (non-hydrogen) atoms. The van der Waals surface area contributed by atoms with Crippen molar-refractivity contribution in [2.45, 2.75) is 6.61 Å². The third-order valence-electron chi connectivity index (χ3n) is 4.19. The van der Waals surface area contributed by atoms with E-state index in [0.717, 1.165) is 35.5 Å². The number of halogens is 2. The van der Waals surface area contributed by atoms with Gasteiger partial charge >= 0.3 is 0 Å². The average Bonchev–Trinajstić information content (AvgIpc) is 3.21. The quantitative estimate of drug-likeness (QED) is 0.168. The molecular weight excluding hydrogens is 630 g/mol. The third kappa shape index (κ3) is 5.33. The van der Waals surface area contributed by atoms with Crippen LogP contribution in [-0.4, -0.2) is 22.9 Å². The van der Waals surface area contributed by atoms with Gasteiger partial charge in [0, 0.05) is 6.07 Å². The second kappa shape index (κ2) is 9.64. The molecule has 0 spiro atoms. The Hall–Kier alpha value is -2.68. The van der Waals surface area contributed by atoms with Gasteiger partial charge in [0.15, 0.2) is 11.5 Å². The fraction of sp³-hybridized carbons (Fsp3) is 0.100. The summed E-state index contributed by atoms with van der Waals surface area (Å²) in [6.07, 6.45) is 2.82. The van der Waals surface area contributed by atoms with E-state index in [1.54, 1.807) is 6.21 Å². The number of nitro groups is 1. The van der Waals surface area contributed by atoms with Crippen LogP contribution in [0.15, 0.2) is 53.8 Å². The maximum Gasteiger partial charge on any atom is 0.287 e. The summed E-state index contributed by atoms with van der Waals surface area (Å²) < 4.78 is 18.7. The Kier molecular flexibility index (Phi) is 6.70. The van der Waals surface area contributed by atoms with Gasteiger partial charge in [-0.25, -0.2) is 4.98 Å². The van der Waals surface area contributed by atoms with Crippen molar-refractivity contribution in [2.75, 3.05) is 12.2 Å². The van der Waals surface area contributed by atoms with Crippen molar-refractivity contribution in [3.8, 4) is 17.2 Å². The maximum absolute atomic E-state index is 10.7. The highest BCUT2D eigenvalue weighted by Gasteiger charge is 2.14. The standard InChI is InChI=1S/C20H14I2N4O5/c21-15-5-13(8-24-25-19-4-2-14(9-23-19)26(27)28)6-16(22)20(15)29-10-12-1-3-17-18(7-12)31-11-30-17/h1-9H,10-11H2,(H,23,25)/b24-8+. The largest absolute Gasteiger partial charge is 0.487 e. The number of pyridine rings is 1. The van der Waals surface area contributed by atoms with Crippen molar-refractivity contribution < 1.29 is 19.1 Å². The summed E-state index contributed by atoms with van der Waals surface area (Å²) in [7, 11) is 0. The lowest BCUT2D eigenvalue weighted by atomic mass is 10.2. The average molecular weight is 644 g/mol. The van der Waals surface area contributed by atoms with Crippen molar-refractivity contribution in [1.82, 2.24) is 4.98 Å². The zero-order chi connectivity index (χ0) is 21.8. The van der Waals surface area contributed by atoms with Crippen LogP contribution in [0.25, 0.3) is 0 Å². The van der Waals surface area contributed by atoms with Crippen molar-refractivity contribution in [3.63, 3.8) is 0 Å². The molecule has 3 aromatic rings. The van der Waals surface area contributed by atoms with Crippen molar-refractivity contribution in [3.05, 3.63) is 77.0 Å². The van der Waals surface area contributed by atoms with Gasteiger partial charge < -0.3 is 14.2 Å². The number of hydrogen-bond donors (Lipinski definition) is 1. The number of nitrogens with zero attached hydrogens (tertiary/aromatic N) is 3. The lowest BCUT2D eigenvalue weighted by molar-refractivity contribution is -0.385. The summed E-state index contributed by atoms with van der Waals surface area (Å²) in [6, 6.07) is 12.5. The molecule has 0 fully saturated rings. The molecule has 1 aromatic heterocycles. The number of ether oxygens (including phenoxy) is 3. The number of benzene rings is 2. The molecular formula is C20H14I2N4O5. The topological polar surface area (TPSA) is 108 Å². The van der Waals surface area contributed by atoms with E-state index in [4.69, 9.17) is 14.2 Å². The summed E-state index contributed by atoms with van der Waals surface area (Å²) in [5.41, 5.74) is 4.54. The third-order valence-corrected chi connectivity index (χ3v) is 5.79. The molecule has 1 aliphatic rings. The van der Waals surface area contributed by atoms with E-state index in [1.165, 1.54) is 18.3 Å². The van der Waals surface area contributed by atoms with Crippen molar-refractivity contribution in [1.29, 1.82) is 0 Å². The second-order valence-corrected chi connectivity index (χ2v) is 8.64. The van der Waals surface area contributed by atoms with Crippen LogP contribution in [0.5, 0.6) is 17.2 Å². The first-order chi connectivity index (χ1) is 15.0. The Labute approximate surface area is 204 Å². The van der Waals surface area contributed by atoms with Gasteiger partial charge in [-0.3, -0.25) is 15.5 Å². The van der Waals surface area contributed by atoms with Gasteiger partial charge in [-0.1, -0.05) is 6.07 Å². The molecule has 2 aromatic carbocycles. The molecule has 0 saturated heterocycles. The van der Waals surface area contributed by atoms with E-state index in [9.17, 15) is 10.1 Å². The SMILES string of the molecule is O=[N+]([O-])c1ccc(N/N=C/c2cc(I)c(OCc3ccc4c(c3)OCO4)c(I)c2)nc1. The number of fused-ring (bicyclic) bond motifs is 1. The molecule has 11 heteroatoms. The molecule has 0 unspecified atom stereocenters. The lowest BCUT2D eigenvalue weighted by Crippen LogP contribution is -2.01. The molecule has 0 atom stereocenters. The molecule has 0 bridgehead atoms. The van der Waals surface area contributed by atoms with Gasteiger partial charge in [0.2, 0.25) is 6.79 Å². The second-order valence-electron chi connectivity index (χ2n) is 6.32. The van der Waals surface area contributed by atoms with E-state index in [2.05, 4.69) is 60.7 Å². The number of hydrogen-bond acceptors (Lipinski definition) is 8. The van der Waals surface area contributed by atoms with Crippen LogP contribution in [0.3, 0.4) is 0 Å². The number of aromatic nitrogens is 1. The maximum atomic E-state index is 10.7. The minimum atomic E-state index is -0.500. The van der Waals surface area contributed by atoms with Crippen LogP contribution in [0, 0.1) is 17.3 Å². The summed E-state index contributed by atoms with van der Waals surface area (Å²) in [6.45, 7) is 0.650.